The van der Waals surface area contributed by atoms with Crippen LogP contribution in [0.4, 0.5) is 0 Å². The van der Waals surface area contributed by atoms with E-state index < -0.39 is 0 Å². The van der Waals surface area contributed by atoms with Gasteiger partial charge in [-0.3, -0.25) is 5.32 Å². The minimum Gasteiger partial charge on any atom is -0.471 e. The summed E-state index contributed by atoms with van der Waals surface area (Å²) in [6.45, 7) is 7.05. The average Bonchev–Trinajstić information content (AvgIpc) is 2.01. The molecule has 0 bridgehead atoms. The lowest BCUT2D eigenvalue weighted by Crippen LogP contribution is -2.31. The molecule has 0 aromatic rings. The maximum absolute atomic E-state index is 5.17. The lowest BCUT2D eigenvalue weighted by molar-refractivity contribution is 0.253. The Morgan fingerprint density at radius 2 is 1.77 bits per heavy atom. The highest BCUT2D eigenvalue weighted by Gasteiger charge is 2.02. The number of thiocarbonyl (C=S) groups is 2. The van der Waals surface area contributed by atoms with Crippen molar-refractivity contribution in [3.05, 3.63) is 0 Å². The molecular weight excluding hydrogens is 206 g/mol. The van der Waals surface area contributed by atoms with Gasteiger partial charge in [-0.15, -0.1) is 0 Å². The third-order valence-corrected chi connectivity index (χ3v) is 1.47. The first-order valence-electron chi connectivity index (χ1n) is 4.16. The molecule has 0 saturated heterocycles. The highest BCUT2D eigenvalue weighted by molar-refractivity contribution is 7.81. The van der Waals surface area contributed by atoms with Crippen LogP contribution in [0.15, 0.2) is 0 Å². The van der Waals surface area contributed by atoms with Crippen molar-refractivity contribution in [3.63, 3.8) is 0 Å². The molecule has 0 heterocycles. The van der Waals surface area contributed by atoms with Gasteiger partial charge in [0.05, 0.1) is 13.2 Å². The van der Waals surface area contributed by atoms with E-state index in [1.54, 1.807) is 0 Å². The number of nitrogens with one attached hydrogen (secondary N) is 1. The largest absolute Gasteiger partial charge is 0.471 e. The van der Waals surface area contributed by atoms with Crippen molar-refractivity contribution in [2.24, 2.45) is 5.92 Å². The molecular formula is C8H15NO2S2. The first kappa shape index (κ1) is 12.6. The molecule has 0 unspecified atom stereocenters. The Morgan fingerprint density at radius 3 is 2.23 bits per heavy atom. The molecule has 13 heavy (non-hydrogen) atoms. The van der Waals surface area contributed by atoms with Crippen molar-refractivity contribution in [2.45, 2.75) is 20.8 Å². The number of rotatable bonds is 3. The topological polar surface area (TPSA) is 30.5 Å². The molecule has 0 aliphatic rings. The van der Waals surface area contributed by atoms with E-state index in [0.29, 0.717) is 19.1 Å². The van der Waals surface area contributed by atoms with Gasteiger partial charge < -0.3 is 9.47 Å². The van der Waals surface area contributed by atoms with E-state index in [2.05, 4.69) is 5.32 Å². The first-order chi connectivity index (χ1) is 6.06. The fraction of sp³-hybridized carbons (Fsp3) is 0.750. The maximum atomic E-state index is 5.17. The van der Waals surface area contributed by atoms with Gasteiger partial charge in [-0.1, -0.05) is 13.8 Å². The van der Waals surface area contributed by atoms with Crippen molar-refractivity contribution < 1.29 is 9.47 Å². The monoisotopic (exact) mass is 221 g/mol. The van der Waals surface area contributed by atoms with Crippen LogP contribution in [0, 0.1) is 5.92 Å². The Hall–Kier alpha value is -0.420. The van der Waals surface area contributed by atoms with Crippen molar-refractivity contribution in [1.82, 2.24) is 5.32 Å². The molecule has 5 heteroatoms. The van der Waals surface area contributed by atoms with Gasteiger partial charge in [-0.05, 0) is 37.3 Å². The van der Waals surface area contributed by atoms with Crippen molar-refractivity contribution in [1.29, 1.82) is 0 Å². The van der Waals surface area contributed by atoms with Gasteiger partial charge in [0.1, 0.15) is 0 Å². The second-order valence-corrected chi connectivity index (χ2v) is 3.58. The zero-order valence-electron chi connectivity index (χ0n) is 8.12. The predicted molar refractivity (Wildman–Crippen MR) is 60.7 cm³/mol. The maximum Gasteiger partial charge on any atom is 0.264 e. The highest BCUT2D eigenvalue weighted by Crippen LogP contribution is 1.93. The molecule has 0 rings (SSSR count). The highest BCUT2D eigenvalue weighted by atomic mass is 32.1. The normalized spacial score (nSPS) is 9.54. The van der Waals surface area contributed by atoms with E-state index >= 15 is 0 Å². The Bertz CT molecular complexity index is 183. The minimum atomic E-state index is 0.260. The Kier molecular flexibility index (Phi) is 6.80. The third-order valence-electron chi connectivity index (χ3n) is 1.03. The lowest BCUT2D eigenvalue weighted by atomic mass is 10.2. The minimum absolute atomic E-state index is 0.260. The van der Waals surface area contributed by atoms with Gasteiger partial charge in [0.15, 0.2) is 0 Å². The summed E-state index contributed by atoms with van der Waals surface area (Å²) < 4.78 is 10.1. The van der Waals surface area contributed by atoms with Crippen LogP contribution in [-0.4, -0.2) is 23.6 Å². The average molecular weight is 221 g/mol. The van der Waals surface area contributed by atoms with Gasteiger partial charge in [0, 0.05) is 0 Å². The molecule has 0 fully saturated rings. The van der Waals surface area contributed by atoms with Crippen LogP contribution in [0.2, 0.25) is 0 Å². The fourth-order valence-corrected chi connectivity index (χ4v) is 0.965. The van der Waals surface area contributed by atoms with Gasteiger partial charge in [0.25, 0.3) is 10.3 Å². The summed E-state index contributed by atoms with van der Waals surface area (Å²) in [6, 6.07) is 0. The summed E-state index contributed by atoms with van der Waals surface area (Å²) >= 11 is 9.67. The summed E-state index contributed by atoms with van der Waals surface area (Å²) in [5, 5.41) is 3.19. The Labute approximate surface area is 89.8 Å². The molecule has 0 aliphatic heterocycles. The Balaban J connectivity index is 3.56. The number of hydrogen-bond acceptors (Lipinski definition) is 4. The molecule has 0 aromatic carbocycles. The van der Waals surface area contributed by atoms with E-state index in [1.807, 2.05) is 20.8 Å². The summed E-state index contributed by atoms with van der Waals surface area (Å²) in [5.41, 5.74) is 0. The molecule has 0 atom stereocenters. The van der Waals surface area contributed by atoms with Crippen molar-refractivity contribution in [2.75, 3.05) is 13.2 Å². The van der Waals surface area contributed by atoms with Crippen LogP contribution >= 0.6 is 24.4 Å². The molecule has 0 radical (unpaired) electrons. The van der Waals surface area contributed by atoms with Crippen molar-refractivity contribution >= 4 is 34.8 Å². The third kappa shape index (κ3) is 7.93. The molecule has 1 N–H and O–H groups in total. The number of hydrogen-bond donors (Lipinski definition) is 1. The molecule has 0 saturated carbocycles. The standard InChI is InChI=1S/C8H15NO2S2/c1-4-10-7(12)9-8(13)11-5-6(2)3/h6H,4-5H2,1-3H3,(H,9,12,13). The van der Waals surface area contributed by atoms with Gasteiger partial charge >= 0.3 is 0 Å². The summed E-state index contributed by atoms with van der Waals surface area (Å²) in [6.07, 6.45) is 0. The zero-order chi connectivity index (χ0) is 10.3. The van der Waals surface area contributed by atoms with Crippen LogP contribution in [0.5, 0.6) is 0 Å². The summed E-state index contributed by atoms with van der Waals surface area (Å²) in [4.78, 5) is 0. The predicted octanol–water partition coefficient (Wildman–Crippen LogP) is 1.85. The van der Waals surface area contributed by atoms with E-state index in [9.17, 15) is 0 Å². The lowest BCUT2D eigenvalue weighted by Gasteiger charge is -2.11. The van der Waals surface area contributed by atoms with Crippen LogP contribution in [0.3, 0.4) is 0 Å². The van der Waals surface area contributed by atoms with E-state index in [1.165, 1.54) is 0 Å². The second kappa shape index (κ2) is 7.03. The SMILES string of the molecule is CCOC(=S)NC(=S)OCC(C)C. The number of ether oxygens (including phenoxy) is 2. The molecule has 76 valence electrons. The van der Waals surface area contributed by atoms with Crippen molar-refractivity contribution in [3.8, 4) is 0 Å². The van der Waals surface area contributed by atoms with Crippen LogP contribution in [0.1, 0.15) is 20.8 Å². The first-order valence-corrected chi connectivity index (χ1v) is 4.98. The molecule has 3 nitrogen and oxygen atoms in total. The molecule has 0 aromatic heterocycles. The van der Waals surface area contributed by atoms with Crippen LogP contribution < -0.4 is 5.32 Å². The van der Waals surface area contributed by atoms with Crippen LogP contribution in [-0.2, 0) is 9.47 Å². The molecule has 0 spiro atoms. The van der Waals surface area contributed by atoms with E-state index in [0.717, 1.165) is 0 Å². The van der Waals surface area contributed by atoms with Gasteiger partial charge in [-0.2, -0.15) is 0 Å². The van der Waals surface area contributed by atoms with E-state index in [4.69, 9.17) is 33.9 Å². The zero-order valence-corrected chi connectivity index (χ0v) is 9.76. The fourth-order valence-electron chi connectivity index (χ4n) is 0.529. The second-order valence-electron chi connectivity index (χ2n) is 2.84. The van der Waals surface area contributed by atoms with E-state index in [-0.39, 0.29) is 10.3 Å². The smallest absolute Gasteiger partial charge is 0.264 e. The molecule has 0 aliphatic carbocycles. The van der Waals surface area contributed by atoms with Crippen LogP contribution in [0.25, 0.3) is 0 Å². The summed E-state index contributed by atoms with van der Waals surface area (Å²) in [5.74, 6) is 0.445. The van der Waals surface area contributed by atoms with Gasteiger partial charge in [-0.25, -0.2) is 0 Å². The summed E-state index contributed by atoms with van der Waals surface area (Å²) in [7, 11) is 0. The molecule has 0 amide bonds. The quantitative estimate of drug-likeness (QED) is 0.735. The Morgan fingerprint density at radius 1 is 1.23 bits per heavy atom. The van der Waals surface area contributed by atoms with Gasteiger partial charge in [0.2, 0.25) is 0 Å².